The lowest BCUT2D eigenvalue weighted by atomic mass is 9.65. The summed E-state index contributed by atoms with van der Waals surface area (Å²) in [4.78, 5) is 2.69. The maximum absolute atomic E-state index is 3.76. The zero-order chi connectivity index (χ0) is 21.8. The molecule has 2 aliphatic carbocycles. The Kier molecular flexibility index (Phi) is 12.1. The normalized spacial score (nSPS) is 31.6. The van der Waals surface area contributed by atoms with Crippen molar-refractivity contribution in [3.63, 3.8) is 0 Å². The van der Waals surface area contributed by atoms with E-state index in [0.717, 1.165) is 29.7 Å². The molecule has 0 saturated heterocycles. The molecule has 30 heavy (non-hydrogen) atoms. The minimum atomic E-state index is 0.683. The Labute approximate surface area is 189 Å². The molecule has 4 atom stereocenters. The van der Waals surface area contributed by atoms with Gasteiger partial charge in [0, 0.05) is 12.1 Å². The molecule has 0 aromatic rings. The van der Waals surface area contributed by atoms with E-state index in [1.807, 2.05) is 6.08 Å². The Balaban J connectivity index is 1.69. The predicted octanol–water partition coefficient (Wildman–Crippen LogP) is 8.58. The first-order valence-corrected chi connectivity index (χ1v) is 13.2. The largest absolute Gasteiger partial charge is 0.301 e. The monoisotopic (exact) mass is 413 g/mol. The Morgan fingerprint density at radius 3 is 2.43 bits per heavy atom. The lowest BCUT2D eigenvalue weighted by Gasteiger charge is -2.44. The van der Waals surface area contributed by atoms with Crippen LogP contribution in [0, 0.1) is 23.7 Å². The van der Waals surface area contributed by atoms with Crippen LogP contribution in [-0.2, 0) is 0 Å². The third kappa shape index (κ3) is 8.37. The summed E-state index contributed by atoms with van der Waals surface area (Å²) in [5, 5.41) is 0. The molecular formula is C29H51N. The summed E-state index contributed by atoms with van der Waals surface area (Å²) in [7, 11) is 2.37. The molecule has 2 saturated carbocycles. The van der Waals surface area contributed by atoms with Crippen LogP contribution in [0.3, 0.4) is 0 Å². The molecule has 0 amide bonds. The third-order valence-corrected chi connectivity index (χ3v) is 8.37. The minimum absolute atomic E-state index is 0.683. The number of allylic oxidation sites excluding steroid dienone is 5. The molecule has 0 bridgehead atoms. The average molecular weight is 414 g/mol. The van der Waals surface area contributed by atoms with Crippen LogP contribution in [0.25, 0.3) is 0 Å². The molecule has 0 heterocycles. The Bertz CT molecular complexity index is 510. The first-order chi connectivity index (χ1) is 14.6. The second kappa shape index (κ2) is 14.3. The van der Waals surface area contributed by atoms with E-state index < -0.39 is 0 Å². The second-order valence-corrected chi connectivity index (χ2v) is 10.5. The van der Waals surface area contributed by atoms with Crippen LogP contribution in [0.1, 0.15) is 104 Å². The van der Waals surface area contributed by atoms with Gasteiger partial charge in [0.15, 0.2) is 0 Å². The zero-order valence-electron chi connectivity index (χ0n) is 20.7. The first-order valence-electron chi connectivity index (χ1n) is 13.2. The SMILES string of the molecule is C=C/C=C\CCC(C)N(C)C1CCC(C2CCC(CCC/C=C\CC)CC2C)CC1. The van der Waals surface area contributed by atoms with Crippen LogP contribution in [0.15, 0.2) is 37.0 Å². The van der Waals surface area contributed by atoms with Gasteiger partial charge < -0.3 is 4.90 Å². The van der Waals surface area contributed by atoms with Crippen molar-refractivity contribution in [1.82, 2.24) is 4.90 Å². The maximum Gasteiger partial charge on any atom is 0.00952 e. The highest BCUT2D eigenvalue weighted by Gasteiger charge is 2.35. The van der Waals surface area contributed by atoms with E-state index in [2.05, 4.69) is 63.6 Å². The summed E-state index contributed by atoms with van der Waals surface area (Å²) in [5.74, 6) is 3.97. The van der Waals surface area contributed by atoms with Gasteiger partial charge in [0.2, 0.25) is 0 Å². The fraction of sp³-hybridized carbons (Fsp3) is 0.793. The lowest BCUT2D eigenvalue weighted by Crippen LogP contribution is -2.42. The summed E-state index contributed by atoms with van der Waals surface area (Å²) in [6, 6.07) is 1.49. The van der Waals surface area contributed by atoms with Crippen molar-refractivity contribution >= 4 is 0 Å². The zero-order valence-corrected chi connectivity index (χ0v) is 20.7. The number of hydrogen-bond acceptors (Lipinski definition) is 1. The molecule has 0 aromatic carbocycles. The average Bonchev–Trinajstić information content (AvgIpc) is 2.76. The number of hydrogen-bond donors (Lipinski definition) is 0. The molecule has 0 radical (unpaired) electrons. The Morgan fingerprint density at radius 1 is 1.00 bits per heavy atom. The highest BCUT2D eigenvalue weighted by Crippen LogP contribution is 2.44. The molecular weight excluding hydrogens is 362 g/mol. The van der Waals surface area contributed by atoms with Crippen molar-refractivity contribution in [3.8, 4) is 0 Å². The number of nitrogens with zero attached hydrogens (tertiary/aromatic N) is 1. The van der Waals surface area contributed by atoms with E-state index in [9.17, 15) is 0 Å². The smallest absolute Gasteiger partial charge is 0.00952 e. The summed E-state index contributed by atoms with van der Waals surface area (Å²) in [5.41, 5.74) is 0. The molecule has 4 unspecified atom stereocenters. The summed E-state index contributed by atoms with van der Waals surface area (Å²) in [6.07, 6.45) is 29.0. The molecule has 172 valence electrons. The van der Waals surface area contributed by atoms with Gasteiger partial charge in [-0.1, -0.05) is 63.6 Å². The van der Waals surface area contributed by atoms with Gasteiger partial charge in [0.1, 0.15) is 0 Å². The highest BCUT2D eigenvalue weighted by molar-refractivity contribution is 4.97. The van der Waals surface area contributed by atoms with E-state index in [-0.39, 0.29) is 0 Å². The molecule has 0 N–H and O–H groups in total. The summed E-state index contributed by atoms with van der Waals surface area (Å²) in [6.45, 7) is 11.0. The maximum atomic E-state index is 3.76. The van der Waals surface area contributed by atoms with Crippen LogP contribution < -0.4 is 0 Å². The molecule has 2 aliphatic rings. The summed E-state index contributed by atoms with van der Waals surface area (Å²) < 4.78 is 0. The van der Waals surface area contributed by atoms with Crippen LogP contribution in [0.5, 0.6) is 0 Å². The van der Waals surface area contributed by atoms with E-state index in [1.54, 1.807) is 0 Å². The van der Waals surface area contributed by atoms with E-state index >= 15 is 0 Å². The van der Waals surface area contributed by atoms with E-state index in [1.165, 1.54) is 83.5 Å². The fourth-order valence-corrected chi connectivity index (χ4v) is 6.33. The van der Waals surface area contributed by atoms with Crippen molar-refractivity contribution in [2.75, 3.05) is 7.05 Å². The van der Waals surface area contributed by atoms with Gasteiger partial charge in [-0.3, -0.25) is 0 Å². The Morgan fingerprint density at radius 2 is 1.77 bits per heavy atom. The van der Waals surface area contributed by atoms with Gasteiger partial charge in [-0.25, -0.2) is 0 Å². The standard InChI is InChI=1S/C29H51N/c1-6-8-10-12-14-16-26-17-22-29(24(3)23-26)27-18-20-28(21-19-27)30(5)25(4)15-13-11-9-7-2/h7-11,24-29H,2,6,12-23H2,1,3-5H3/b10-8-,11-9-. The highest BCUT2D eigenvalue weighted by atomic mass is 15.2. The third-order valence-electron chi connectivity index (χ3n) is 8.37. The predicted molar refractivity (Wildman–Crippen MR) is 135 cm³/mol. The van der Waals surface area contributed by atoms with Crippen LogP contribution in [0.2, 0.25) is 0 Å². The van der Waals surface area contributed by atoms with Gasteiger partial charge in [0.25, 0.3) is 0 Å². The van der Waals surface area contributed by atoms with Crippen LogP contribution in [0.4, 0.5) is 0 Å². The topological polar surface area (TPSA) is 3.24 Å². The number of rotatable bonds is 12. The molecule has 0 spiro atoms. The fourth-order valence-electron chi connectivity index (χ4n) is 6.33. The van der Waals surface area contributed by atoms with Crippen molar-refractivity contribution in [2.24, 2.45) is 23.7 Å². The van der Waals surface area contributed by atoms with Crippen LogP contribution >= 0.6 is 0 Å². The van der Waals surface area contributed by atoms with Crippen molar-refractivity contribution in [3.05, 3.63) is 37.0 Å². The summed E-state index contributed by atoms with van der Waals surface area (Å²) >= 11 is 0. The molecule has 0 aliphatic heterocycles. The molecule has 2 rings (SSSR count). The van der Waals surface area contributed by atoms with Gasteiger partial charge in [-0.05, 0) is 108 Å². The van der Waals surface area contributed by atoms with E-state index in [0.29, 0.717) is 6.04 Å². The Hall–Kier alpha value is -0.820. The van der Waals surface area contributed by atoms with Gasteiger partial charge in [-0.2, -0.15) is 0 Å². The van der Waals surface area contributed by atoms with Gasteiger partial charge in [-0.15, -0.1) is 0 Å². The van der Waals surface area contributed by atoms with Gasteiger partial charge >= 0.3 is 0 Å². The molecule has 1 nitrogen and oxygen atoms in total. The molecule has 1 heteroatoms. The van der Waals surface area contributed by atoms with Crippen molar-refractivity contribution in [1.29, 1.82) is 0 Å². The minimum Gasteiger partial charge on any atom is -0.301 e. The molecule has 0 aromatic heterocycles. The lowest BCUT2D eigenvalue weighted by molar-refractivity contribution is 0.0668. The number of unbranched alkanes of at least 4 members (excludes halogenated alkanes) is 1. The van der Waals surface area contributed by atoms with Crippen LogP contribution in [-0.4, -0.2) is 24.0 Å². The van der Waals surface area contributed by atoms with E-state index in [4.69, 9.17) is 0 Å². The second-order valence-electron chi connectivity index (χ2n) is 10.5. The quantitative estimate of drug-likeness (QED) is 0.176. The first kappa shape index (κ1) is 25.4. The van der Waals surface area contributed by atoms with Crippen molar-refractivity contribution < 1.29 is 0 Å². The molecule has 2 fully saturated rings. The van der Waals surface area contributed by atoms with Gasteiger partial charge in [0.05, 0.1) is 0 Å². The van der Waals surface area contributed by atoms with Crippen molar-refractivity contribution in [2.45, 2.75) is 116 Å².